The summed E-state index contributed by atoms with van der Waals surface area (Å²) in [6, 6.07) is 15.2. The number of hydrogen-bond acceptors (Lipinski definition) is 4. The van der Waals surface area contributed by atoms with Crippen LogP contribution in [0.25, 0.3) is 0 Å². The molecule has 138 valence electrons. The molecule has 0 bridgehead atoms. The number of rotatable bonds is 6. The van der Waals surface area contributed by atoms with Crippen molar-refractivity contribution in [2.24, 2.45) is 0 Å². The van der Waals surface area contributed by atoms with Crippen LogP contribution in [0.4, 0.5) is 5.69 Å². The van der Waals surface area contributed by atoms with Gasteiger partial charge in [-0.1, -0.05) is 23.7 Å². The molecule has 1 aliphatic heterocycles. The maximum absolute atomic E-state index is 12.3. The Morgan fingerprint density at radius 2 is 1.77 bits per heavy atom. The molecule has 0 saturated carbocycles. The number of nitrogens with zero attached hydrogens (tertiary/aromatic N) is 2. The van der Waals surface area contributed by atoms with Gasteiger partial charge in [-0.3, -0.25) is 9.69 Å². The summed E-state index contributed by atoms with van der Waals surface area (Å²) in [5.41, 5.74) is 1.78. The Morgan fingerprint density at radius 1 is 1.08 bits per heavy atom. The molecule has 1 heterocycles. The van der Waals surface area contributed by atoms with Crippen molar-refractivity contribution in [2.45, 2.75) is 0 Å². The third kappa shape index (κ3) is 4.68. The minimum atomic E-state index is -0.0951. The van der Waals surface area contributed by atoms with E-state index in [0.29, 0.717) is 17.9 Å². The fourth-order valence-electron chi connectivity index (χ4n) is 3.14. The summed E-state index contributed by atoms with van der Waals surface area (Å²) < 4.78 is 5.24. The van der Waals surface area contributed by atoms with Crippen LogP contribution >= 0.6 is 11.6 Å². The van der Waals surface area contributed by atoms with Gasteiger partial charge in [0.2, 0.25) is 0 Å². The van der Waals surface area contributed by atoms with E-state index >= 15 is 0 Å². The second kappa shape index (κ2) is 8.92. The molecule has 1 amide bonds. The molecule has 6 heteroatoms. The van der Waals surface area contributed by atoms with Crippen molar-refractivity contribution in [1.29, 1.82) is 0 Å². The van der Waals surface area contributed by atoms with E-state index in [-0.39, 0.29) is 5.91 Å². The number of piperazine rings is 1. The third-order valence-corrected chi connectivity index (χ3v) is 4.88. The highest BCUT2D eigenvalue weighted by atomic mass is 35.5. The lowest BCUT2D eigenvalue weighted by molar-refractivity contribution is 0.0945. The van der Waals surface area contributed by atoms with E-state index in [1.165, 1.54) is 5.69 Å². The van der Waals surface area contributed by atoms with Crippen molar-refractivity contribution in [3.63, 3.8) is 0 Å². The lowest BCUT2D eigenvalue weighted by Gasteiger charge is -2.36. The van der Waals surface area contributed by atoms with Crippen LogP contribution < -0.4 is 15.0 Å². The van der Waals surface area contributed by atoms with Gasteiger partial charge in [-0.15, -0.1) is 0 Å². The summed E-state index contributed by atoms with van der Waals surface area (Å²) in [6.07, 6.45) is 0. The van der Waals surface area contributed by atoms with Crippen LogP contribution in [0, 0.1) is 0 Å². The molecular formula is C20H24ClN3O2. The molecule has 0 unspecified atom stereocenters. The van der Waals surface area contributed by atoms with Crippen LogP contribution in [0.1, 0.15) is 10.4 Å². The van der Waals surface area contributed by atoms with E-state index in [4.69, 9.17) is 16.3 Å². The Balaban J connectivity index is 1.42. The van der Waals surface area contributed by atoms with Gasteiger partial charge in [0.15, 0.2) is 0 Å². The minimum Gasteiger partial charge on any atom is -0.496 e. The number of methoxy groups -OCH3 is 1. The highest BCUT2D eigenvalue weighted by Crippen LogP contribution is 2.19. The van der Waals surface area contributed by atoms with Crippen LogP contribution in [0.3, 0.4) is 0 Å². The Morgan fingerprint density at radius 3 is 2.46 bits per heavy atom. The van der Waals surface area contributed by atoms with Crippen molar-refractivity contribution in [3.8, 4) is 5.75 Å². The smallest absolute Gasteiger partial charge is 0.255 e. The van der Waals surface area contributed by atoms with Gasteiger partial charge in [0.25, 0.3) is 5.91 Å². The summed E-state index contributed by atoms with van der Waals surface area (Å²) in [4.78, 5) is 17.0. The number of amides is 1. The van der Waals surface area contributed by atoms with Crippen molar-refractivity contribution < 1.29 is 9.53 Å². The summed E-state index contributed by atoms with van der Waals surface area (Å²) in [7, 11) is 1.58. The third-order valence-electron chi connectivity index (χ3n) is 4.63. The normalized spacial score (nSPS) is 14.9. The molecule has 26 heavy (non-hydrogen) atoms. The highest BCUT2D eigenvalue weighted by Gasteiger charge is 2.17. The largest absolute Gasteiger partial charge is 0.496 e. The van der Waals surface area contributed by atoms with Crippen molar-refractivity contribution >= 4 is 23.2 Å². The van der Waals surface area contributed by atoms with Gasteiger partial charge in [-0.2, -0.15) is 0 Å². The molecule has 0 aromatic heterocycles. The second-order valence-corrected chi connectivity index (χ2v) is 6.70. The number of para-hydroxylation sites is 1. The maximum atomic E-state index is 12.3. The Hall–Kier alpha value is -2.24. The first-order valence-corrected chi connectivity index (χ1v) is 9.19. The van der Waals surface area contributed by atoms with E-state index in [1.807, 2.05) is 24.3 Å². The van der Waals surface area contributed by atoms with Crippen molar-refractivity contribution in [2.75, 3.05) is 51.3 Å². The molecule has 2 aromatic carbocycles. The first-order valence-electron chi connectivity index (χ1n) is 8.81. The number of benzene rings is 2. The second-order valence-electron chi connectivity index (χ2n) is 6.26. The van der Waals surface area contributed by atoms with Crippen molar-refractivity contribution in [1.82, 2.24) is 10.2 Å². The Kier molecular flexibility index (Phi) is 6.36. The fraction of sp³-hybridized carbons (Fsp3) is 0.350. The van der Waals surface area contributed by atoms with Gasteiger partial charge < -0.3 is 15.0 Å². The predicted molar refractivity (Wildman–Crippen MR) is 105 cm³/mol. The van der Waals surface area contributed by atoms with Gasteiger partial charge in [-0.25, -0.2) is 0 Å². The van der Waals surface area contributed by atoms with Gasteiger partial charge in [0.05, 0.1) is 12.7 Å². The summed E-state index contributed by atoms with van der Waals surface area (Å²) in [6.45, 7) is 5.37. The molecule has 0 aliphatic carbocycles. The lowest BCUT2D eigenvalue weighted by atomic mass is 10.2. The van der Waals surface area contributed by atoms with Gasteiger partial charge in [-0.05, 0) is 36.4 Å². The molecule has 0 spiro atoms. The average Bonchev–Trinajstić information content (AvgIpc) is 2.69. The minimum absolute atomic E-state index is 0.0951. The monoisotopic (exact) mass is 373 g/mol. The summed E-state index contributed by atoms with van der Waals surface area (Å²) in [5, 5.41) is 3.74. The Bertz CT molecular complexity index is 728. The van der Waals surface area contributed by atoms with E-state index < -0.39 is 0 Å². The topological polar surface area (TPSA) is 44.8 Å². The zero-order chi connectivity index (χ0) is 18.4. The lowest BCUT2D eigenvalue weighted by Crippen LogP contribution is -2.48. The number of halogens is 1. The van der Waals surface area contributed by atoms with E-state index in [0.717, 1.165) is 37.7 Å². The molecule has 1 N–H and O–H groups in total. The number of anilines is 1. The highest BCUT2D eigenvalue weighted by molar-refractivity contribution is 6.30. The first kappa shape index (κ1) is 18.5. The summed E-state index contributed by atoms with van der Waals surface area (Å²) >= 11 is 5.95. The van der Waals surface area contributed by atoms with Crippen LogP contribution in [0.5, 0.6) is 5.75 Å². The van der Waals surface area contributed by atoms with Crippen molar-refractivity contribution in [3.05, 3.63) is 59.1 Å². The molecule has 0 atom stereocenters. The molecule has 1 aliphatic rings. The fourth-order valence-corrected chi connectivity index (χ4v) is 3.26. The van der Waals surface area contributed by atoms with Gasteiger partial charge in [0, 0.05) is 50.0 Å². The first-order chi connectivity index (χ1) is 12.7. The van der Waals surface area contributed by atoms with E-state index in [1.54, 1.807) is 19.2 Å². The zero-order valence-electron chi connectivity index (χ0n) is 15.0. The number of nitrogens with one attached hydrogen (secondary N) is 1. The van der Waals surface area contributed by atoms with E-state index in [9.17, 15) is 4.79 Å². The average molecular weight is 374 g/mol. The number of carbonyl (C=O) groups excluding carboxylic acids is 1. The molecule has 3 rings (SSSR count). The quantitative estimate of drug-likeness (QED) is 0.845. The van der Waals surface area contributed by atoms with Gasteiger partial charge in [0.1, 0.15) is 5.75 Å². The predicted octanol–water partition coefficient (Wildman–Crippen LogP) is 2.90. The van der Waals surface area contributed by atoms with Crippen LogP contribution in [-0.4, -0.2) is 57.2 Å². The number of carbonyl (C=O) groups is 1. The molecule has 0 radical (unpaired) electrons. The number of hydrogen-bond donors (Lipinski definition) is 1. The van der Waals surface area contributed by atoms with Crippen LogP contribution in [-0.2, 0) is 0 Å². The van der Waals surface area contributed by atoms with Crippen LogP contribution in [0.15, 0.2) is 48.5 Å². The standard InChI is InChI=1S/C20H24ClN3O2/c1-26-19-5-3-2-4-18(19)20(25)22-10-11-23-12-14-24(15-13-23)17-8-6-16(21)7-9-17/h2-9H,10-15H2,1H3,(H,22,25). The molecule has 1 fully saturated rings. The number of ether oxygens (including phenoxy) is 1. The van der Waals surface area contributed by atoms with E-state index in [2.05, 4.69) is 27.2 Å². The molecular weight excluding hydrogens is 350 g/mol. The van der Waals surface area contributed by atoms with Gasteiger partial charge >= 0.3 is 0 Å². The molecule has 1 saturated heterocycles. The Labute approximate surface area is 159 Å². The maximum Gasteiger partial charge on any atom is 0.255 e. The molecule has 2 aromatic rings. The SMILES string of the molecule is COc1ccccc1C(=O)NCCN1CCN(c2ccc(Cl)cc2)CC1. The van der Waals surface area contributed by atoms with Crippen LogP contribution in [0.2, 0.25) is 5.02 Å². The zero-order valence-corrected chi connectivity index (χ0v) is 15.7. The molecule has 5 nitrogen and oxygen atoms in total. The summed E-state index contributed by atoms with van der Waals surface area (Å²) in [5.74, 6) is 0.504.